The SMILES string of the molecule is N#C/C=C/C(=C\C=C\n1c2ccccc2c2ccccc21)n1c2ccc3ccccc3c2c2c3ccccc3ccc21. The molecule has 196 valence electrons. The molecule has 3 nitrogen and oxygen atoms in total. The molecule has 0 atom stereocenters. The molecule has 0 fully saturated rings. The zero-order valence-electron chi connectivity index (χ0n) is 22.8. The van der Waals surface area contributed by atoms with Crippen LogP contribution in [0.5, 0.6) is 0 Å². The molecule has 0 aliphatic heterocycles. The Hall–Kier alpha value is -5.85. The molecule has 0 aliphatic carbocycles. The van der Waals surface area contributed by atoms with Crippen LogP contribution < -0.4 is 0 Å². The molecule has 0 N–H and O–H groups in total. The predicted molar refractivity (Wildman–Crippen MR) is 178 cm³/mol. The van der Waals surface area contributed by atoms with Gasteiger partial charge in [-0.25, -0.2) is 0 Å². The molecule has 0 amide bonds. The molecule has 0 saturated heterocycles. The highest BCUT2D eigenvalue weighted by Gasteiger charge is 2.17. The minimum absolute atomic E-state index is 0.916. The number of para-hydroxylation sites is 2. The summed E-state index contributed by atoms with van der Waals surface area (Å²) in [5.41, 5.74) is 5.46. The Labute approximate surface area is 242 Å². The number of nitriles is 1. The number of aromatic nitrogens is 2. The molecule has 0 saturated carbocycles. The predicted octanol–water partition coefficient (Wildman–Crippen LogP) is 10.3. The van der Waals surface area contributed by atoms with Crippen molar-refractivity contribution >= 4 is 77.1 Å². The maximum Gasteiger partial charge on any atom is 0.0912 e. The summed E-state index contributed by atoms with van der Waals surface area (Å²) in [7, 11) is 0. The van der Waals surface area contributed by atoms with Crippen molar-refractivity contribution < 1.29 is 0 Å². The second-order valence-corrected chi connectivity index (χ2v) is 10.5. The van der Waals surface area contributed by atoms with Crippen molar-refractivity contribution in [3.05, 3.63) is 146 Å². The molecule has 0 spiro atoms. The summed E-state index contributed by atoms with van der Waals surface area (Å²) in [4.78, 5) is 0. The fraction of sp³-hybridized carbons (Fsp3) is 0. The molecule has 0 aliphatic rings. The Kier molecular flexibility index (Phi) is 5.52. The number of allylic oxidation sites excluding steroid dienone is 5. The van der Waals surface area contributed by atoms with E-state index >= 15 is 0 Å². The van der Waals surface area contributed by atoms with E-state index in [0.717, 1.165) is 27.8 Å². The van der Waals surface area contributed by atoms with Crippen LogP contribution in [0.1, 0.15) is 0 Å². The van der Waals surface area contributed by atoms with Gasteiger partial charge in [0.15, 0.2) is 0 Å². The minimum Gasteiger partial charge on any atom is -0.316 e. The van der Waals surface area contributed by atoms with Crippen molar-refractivity contribution in [3.8, 4) is 6.07 Å². The summed E-state index contributed by atoms with van der Waals surface area (Å²) in [6.07, 6.45) is 9.75. The lowest BCUT2D eigenvalue weighted by molar-refractivity contribution is 1.24. The van der Waals surface area contributed by atoms with E-state index in [0.29, 0.717) is 0 Å². The maximum atomic E-state index is 9.54. The lowest BCUT2D eigenvalue weighted by Crippen LogP contribution is -1.94. The summed E-state index contributed by atoms with van der Waals surface area (Å²) in [6, 6.07) is 45.1. The third-order valence-electron chi connectivity index (χ3n) is 8.25. The van der Waals surface area contributed by atoms with Crippen molar-refractivity contribution in [1.29, 1.82) is 5.26 Å². The largest absolute Gasteiger partial charge is 0.316 e. The molecule has 3 heteroatoms. The highest BCUT2D eigenvalue weighted by molar-refractivity contribution is 6.29. The van der Waals surface area contributed by atoms with Gasteiger partial charge in [0.05, 0.1) is 28.1 Å². The molecule has 42 heavy (non-hydrogen) atoms. The fourth-order valence-electron chi connectivity index (χ4n) is 6.49. The van der Waals surface area contributed by atoms with Gasteiger partial charge in [0, 0.05) is 39.5 Å². The van der Waals surface area contributed by atoms with Crippen molar-refractivity contribution in [2.75, 3.05) is 0 Å². The topological polar surface area (TPSA) is 33.6 Å². The number of rotatable bonds is 4. The molecular weight excluding hydrogens is 510 g/mol. The maximum absolute atomic E-state index is 9.54. The Morgan fingerprint density at radius 1 is 0.548 bits per heavy atom. The molecule has 0 bridgehead atoms. The highest BCUT2D eigenvalue weighted by atomic mass is 15.0. The van der Waals surface area contributed by atoms with Crippen LogP contribution >= 0.6 is 0 Å². The normalized spacial score (nSPS) is 12.7. The highest BCUT2D eigenvalue weighted by Crippen LogP contribution is 2.40. The van der Waals surface area contributed by atoms with E-state index in [4.69, 9.17) is 0 Å². The van der Waals surface area contributed by atoms with Crippen LogP contribution in [0.3, 0.4) is 0 Å². The van der Waals surface area contributed by atoms with Gasteiger partial charge >= 0.3 is 0 Å². The third kappa shape index (κ3) is 3.60. The van der Waals surface area contributed by atoms with Crippen molar-refractivity contribution in [3.63, 3.8) is 0 Å². The molecular formula is C39H25N3. The van der Waals surface area contributed by atoms with E-state index in [-0.39, 0.29) is 0 Å². The Bertz CT molecular complexity index is 2330. The average molecular weight is 536 g/mol. The first-order valence-electron chi connectivity index (χ1n) is 14.1. The first-order chi connectivity index (χ1) is 20.8. The van der Waals surface area contributed by atoms with Crippen LogP contribution in [0.25, 0.3) is 77.1 Å². The first-order valence-corrected chi connectivity index (χ1v) is 14.1. The van der Waals surface area contributed by atoms with Gasteiger partial charge in [0.25, 0.3) is 0 Å². The van der Waals surface area contributed by atoms with E-state index in [1.807, 2.05) is 6.08 Å². The fourth-order valence-corrected chi connectivity index (χ4v) is 6.49. The van der Waals surface area contributed by atoms with Gasteiger partial charge in [-0.05, 0) is 64.0 Å². The summed E-state index contributed by atoms with van der Waals surface area (Å²) < 4.78 is 4.52. The Morgan fingerprint density at radius 2 is 1.05 bits per heavy atom. The van der Waals surface area contributed by atoms with Gasteiger partial charge in [0.2, 0.25) is 0 Å². The standard InChI is InChI=1S/C39H25N3/c40-25-9-13-29(14-10-26-41-34-19-7-5-17-32(34)33-18-6-8-20-35(33)41)42-36-23-21-27-11-1-3-15-30(27)38(36)39-31-16-4-2-12-28(31)22-24-37(39)42/h1-24,26H/b13-9+,26-10+,29-14+. The number of hydrogen-bond acceptors (Lipinski definition) is 1. The Morgan fingerprint density at radius 3 is 1.60 bits per heavy atom. The zero-order chi connectivity index (χ0) is 28.0. The molecule has 6 aromatic carbocycles. The molecule has 8 aromatic rings. The van der Waals surface area contributed by atoms with Crippen molar-refractivity contribution in [2.24, 2.45) is 0 Å². The first kappa shape index (κ1) is 24.0. The summed E-state index contributed by atoms with van der Waals surface area (Å²) in [5, 5.41) is 19.3. The smallest absolute Gasteiger partial charge is 0.0912 e. The van der Waals surface area contributed by atoms with Gasteiger partial charge in [-0.3, -0.25) is 0 Å². The summed E-state index contributed by atoms with van der Waals surface area (Å²) in [6.45, 7) is 0. The van der Waals surface area contributed by atoms with Gasteiger partial charge < -0.3 is 9.13 Å². The number of benzene rings is 6. The molecule has 2 heterocycles. The number of fused-ring (bicyclic) bond motifs is 10. The monoisotopic (exact) mass is 535 g/mol. The van der Waals surface area contributed by atoms with E-state index in [1.165, 1.54) is 43.1 Å². The van der Waals surface area contributed by atoms with Crippen molar-refractivity contribution in [1.82, 2.24) is 9.13 Å². The zero-order valence-corrected chi connectivity index (χ0v) is 22.8. The van der Waals surface area contributed by atoms with E-state index in [9.17, 15) is 5.26 Å². The molecule has 0 unspecified atom stereocenters. The average Bonchev–Trinajstić information content (AvgIpc) is 3.56. The van der Waals surface area contributed by atoms with Crippen LogP contribution in [0.4, 0.5) is 0 Å². The van der Waals surface area contributed by atoms with Gasteiger partial charge in [-0.1, -0.05) is 97.1 Å². The van der Waals surface area contributed by atoms with Crippen LogP contribution in [0, 0.1) is 11.3 Å². The van der Waals surface area contributed by atoms with Crippen LogP contribution in [-0.4, -0.2) is 9.13 Å². The molecule has 2 aromatic heterocycles. The lowest BCUT2D eigenvalue weighted by Gasteiger charge is -2.09. The van der Waals surface area contributed by atoms with Crippen LogP contribution in [0.2, 0.25) is 0 Å². The third-order valence-corrected chi connectivity index (χ3v) is 8.25. The van der Waals surface area contributed by atoms with Crippen LogP contribution in [-0.2, 0) is 0 Å². The molecule has 0 radical (unpaired) electrons. The summed E-state index contributed by atoms with van der Waals surface area (Å²) in [5.74, 6) is 0. The van der Waals surface area contributed by atoms with Crippen LogP contribution in [0.15, 0.2) is 146 Å². The lowest BCUT2D eigenvalue weighted by atomic mass is 10.00. The summed E-state index contributed by atoms with van der Waals surface area (Å²) >= 11 is 0. The van der Waals surface area contributed by atoms with Crippen molar-refractivity contribution in [2.45, 2.75) is 0 Å². The molecule has 8 rings (SSSR count). The van der Waals surface area contributed by atoms with Gasteiger partial charge in [0.1, 0.15) is 0 Å². The van der Waals surface area contributed by atoms with Gasteiger partial charge in [-0.15, -0.1) is 0 Å². The second-order valence-electron chi connectivity index (χ2n) is 10.5. The number of nitrogens with zero attached hydrogens (tertiary/aromatic N) is 3. The number of hydrogen-bond donors (Lipinski definition) is 0. The van der Waals surface area contributed by atoms with Gasteiger partial charge in [-0.2, -0.15) is 5.26 Å². The minimum atomic E-state index is 0.916. The van der Waals surface area contributed by atoms with E-state index in [2.05, 4.69) is 155 Å². The van der Waals surface area contributed by atoms with E-state index in [1.54, 1.807) is 6.08 Å². The van der Waals surface area contributed by atoms with E-state index < -0.39 is 0 Å². The quantitative estimate of drug-likeness (QED) is 0.163. The Balaban J connectivity index is 1.42. The second kappa shape index (κ2) is 9.66.